The molecule has 122 valence electrons. The quantitative estimate of drug-likeness (QED) is 0.317. The minimum absolute atomic E-state index is 0.0924. The van der Waals surface area contributed by atoms with Crippen LogP contribution in [0, 0.1) is 5.92 Å². The van der Waals surface area contributed by atoms with E-state index in [0.717, 1.165) is 6.42 Å². The van der Waals surface area contributed by atoms with E-state index >= 15 is 0 Å². The van der Waals surface area contributed by atoms with Gasteiger partial charge in [0.2, 0.25) is 0 Å². The second-order valence-corrected chi connectivity index (χ2v) is 7.59. The van der Waals surface area contributed by atoms with Gasteiger partial charge in [0.1, 0.15) is 5.60 Å². The summed E-state index contributed by atoms with van der Waals surface area (Å²) in [5, 5.41) is 21.3. The molecule has 1 heterocycles. The van der Waals surface area contributed by atoms with E-state index in [0.29, 0.717) is 17.3 Å². The van der Waals surface area contributed by atoms with E-state index < -0.39 is 17.3 Å². The van der Waals surface area contributed by atoms with Crippen LogP contribution < -0.4 is 0 Å². The van der Waals surface area contributed by atoms with Crippen molar-refractivity contribution in [3.63, 3.8) is 0 Å². The number of epoxide rings is 1. The van der Waals surface area contributed by atoms with Crippen molar-refractivity contribution >= 4 is 22.6 Å². The zero-order valence-corrected chi connectivity index (χ0v) is 15.5. The minimum atomic E-state index is -0.838. The maximum absolute atomic E-state index is 11.0. The predicted molar refractivity (Wildman–Crippen MR) is 90.7 cm³/mol. The van der Waals surface area contributed by atoms with E-state index in [-0.39, 0.29) is 18.1 Å². The van der Waals surface area contributed by atoms with E-state index in [1.165, 1.54) is 5.57 Å². The Kier molecular flexibility index (Phi) is 5.41. The van der Waals surface area contributed by atoms with Crippen molar-refractivity contribution in [2.75, 3.05) is 11.5 Å². The van der Waals surface area contributed by atoms with Crippen molar-refractivity contribution in [2.45, 2.75) is 69.5 Å². The molecule has 2 aliphatic rings. The third kappa shape index (κ3) is 3.32. The van der Waals surface area contributed by atoms with Crippen LogP contribution in [-0.2, 0) is 9.47 Å². The number of allylic oxidation sites excluding steroid dienone is 1. The van der Waals surface area contributed by atoms with Gasteiger partial charge in [-0.1, -0.05) is 34.2 Å². The zero-order valence-electron chi connectivity index (χ0n) is 13.3. The van der Waals surface area contributed by atoms with Crippen LogP contribution in [0.5, 0.6) is 0 Å². The van der Waals surface area contributed by atoms with Gasteiger partial charge < -0.3 is 19.7 Å². The molecule has 21 heavy (non-hydrogen) atoms. The highest BCUT2D eigenvalue weighted by atomic mass is 127. The first-order valence-electron chi connectivity index (χ1n) is 7.59. The average Bonchev–Trinajstić information content (AvgIpc) is 3.10. The Morgan fingerprint density at radius 1 is 1.48 bits per heavy atom. The van der Waals surface area contributed by atoms with Gasteiger partial charge in [-0.2, -0.15) is 0 Å². The summed E-state index contributed by atoms with van der Waals surface area (Å²) in [6.45, 7) is 6.19. The molecule has 2 rings (SSSR count). The normalized spacial score (nSPS) is 46.2. The summed E-state index contributed by atoms with van der Waals surface area (Å²) in [6.07, 6.45) is 3.36. The number of rotatable bonds is 5. The molecular formula is C16H27IO4. The molecule has 1 saturated heterocycles. The molecule has 2 fully saturated rings. The molecule has 0 bridgehead atoms. The zero-order chi connectivity index (χ0) is 15.8. The molecule has 2 N–H and O–H groups in total. The maximum atomic E-state index is 11.0. The van der Waals surface area contributed by atoms with Gasteiger partial charge in [-0.3, -0.25) is 0 Å². The average molecular weight is 410 g/mol. The lowest BCUT2D eigenvalue weighted by molar-refractivity contribution is -0.168. The molecule has 0 aromatic rings. The minimum Gasteiger partial charge on any atom is -0.390 e. The molecule has 0 radical (unpaired) electrons. The highest BCUT2D eigenvalue weighted by molar-refractivity contribution is 14.1. The molecule has 6 atom stereocenters. The van der Waals surface area contributed by atoms with Gasteiger partial charge in [0, 0.05) is 17.5 Å². The van der Waals surface area contributed by atoms with Gasteiger partial charge in [-0.25, -0.2) is 0 Å². The number of methoxy groups -OCH3 is 1. The van der Waals surface area contributed by atoms with Crippen molar-refractivity contribution in [1.29, 1.82) is 0 Å². The van der Waals surface area contributed by atoms with Gasteiger partial charge >= 0.3 is 0 Å². The standard InChI is InChI=1S/C16H27IO4/c1-10(2)5-6-12-15(3,21-12)14-13(20-4)11(18)7-8-16(14,19)9-17/h5,11-14,18-19H,6-9H2,1-4H3/t11-,12-,13-,14+,15+,16+/m1/s1. The molecule has 5 heteroatoms. The second-order valence-electron chi connectivity index (χ2n) is 6.83. The fraction of sp³-hybridized carbons (Fsp3) is 0.875. The number of aliphatic hydroxyl groups excluding tert-OH is 1. The lowest BCUT2D eigenvalue weighted by Gasteiger charge is -2.47. The van der Waals surface area contributed by atoms with Crippen molar-refractivity contribution in [2.24, 2.45) is 5.92 Å². The first-order valence-corrected chi connectivity index (χ1v) is 9.11. The van der Waals surface area contributed by atoms with E-state index in [1.54, 1.807) is 7.11 Å². The number of alkyl halides is 1. The summed E-state index contributed by atoms with van der Waals surface area (Å²) in [5.74, 6) is -0.203. The topological polar surface area (TPSA) is 62.2 Å². The lowest BCUT2D eigenvalue weighted by atomic mass is 9.66. The predicted octanol–water partition coefficient (Wildman–Crippen LogP) is 2.45. The SMILES string of the molecule is CO[C@@H]1[C@H](O)CC[C@](O)(CI)[C@@H]1[C@@]1(C)O[C@@H]1CC=C(C)C. The molecular weight excluding hydrogens is 383 g/mol. The molecule has 1 aliphatic carbocycles. The fourth-order valence-electron chi connectivity index (χ4n) is 3.72. The summed E-state index contributed by atoms with van der Waals surface area (Å²) >= 11 is 2.22. The molecule has 1 aliphatic heterocycles. The van der Waals surface area contributed by atoms with Gasteiger partial charge in [0.15, 0.2) is 0 Å². The lowest BCUT2D eigenvalue weighted by Crippen LogP contribution is -2.60. The van der Waals surface area contributed by atoms with Crippen molar-refractivity contribution in [3.05, 3.63) is 11.6 Å². The maximum Gasteiger partial charge on any atom is 0.100 e. The molecule has 0 aromatic carbocycles. The van der Waals surface area contributed by atoms with Crippen molar-refractivity contribution < 1.29 is 19.7 Å². The van der Waals surface area contributed by atoms with Crippen LogP contribution in [-0.4, -0.2) is 51.3 Å². The largest absolute Gasteiger partial charge is 0.390 e. The van der Waals surface area contributed by atoms with Crippen LogP contribution in [0.2, 0.25) is 0 Å². The Morgan fingerprint density at radius 2 is 2.14 bits per heavy atom. The van der Waals surface area contributed by atoms with Crippen LogP contribution in [0.1, 0.15) is 40.0 Å². The number of hydrogen-bond donors (Lipinski definition) is 2. The summed E-state index contributed by atoms with van der Waals surface area (Å²) in [4.78, 5) is 0. The number of halogens is 1. The summed E-state index contributed by atoms with van der Waals surface area (Å²) < 4.78 is 12.1. The van der Waals surface area contributed by atoms with E-state index in [4.69, 9.17) is 9.47 Å². The Morgan fingerprint density at radius 3 is 2.67 bits per heavy atom. The van der Waals surface area contributed by atoms with E-state index in [2.05, 4.69) is 42.5 Å². The fourth-order valence-corrected chi connectivity index (χ4v) is 4.58. The van der Waals surface area contributed by atoms with Gasteiger partial charge in [-0.05, 0) is 40.0 Å². The third-order valence-electron chi connectivity index (χ3n) is 5.00. The van der Waals surface area contributed by atoms with Crippen molar-refractivity contribution in [1.82, 2.24) is 0 Å². The highest BCUT2D eigenvalue weighted by Crippen LogP contribution is 2.54. The number of hydrogen-bond acceptors (Lipinski definition) is 4. The van der Waals surface area contributed by atoms with Crippen molar-refractivity contribution in [3.8, 4) is 0 Å². The van der Waals surface area contributed by atoms with Crippen LogP contribution in [0.25, 0.3) is 0 Å². The molecule has 0 amide bonds. The smallest absolute Gasteiger partial charge is 0.100 e. The first-order chi connectivity index (χ1) is 9.78. The van der Waals surface area contributed by atoms with E-state index in [9.17, 15) is 10.2 Å². The second kappa shape index (κ2) is 6.43. The molecule has 0 spiro atoms. The van der Waals surface area contributed by atoms with Crippen LogP contribution in [0.15, 0.2) is 11.6 Å². The molecule has 0 unspecified atom stereocenters. The number of aliphatic hydroxyl groups is 2. The summed E-state index contributed by atoms with van der Waals surface area (Å²) in [5.41, 5.74) is 0.00654. The summed E-state index contributed by atoms with van der Waals surface area (Å²) in [7, 11) is 1.61. The highest BCUT2D eigenvalue weighted by Gasteiger charge is 2.66. The van der Waals surface area contributed by atoms with Gasteiger partial charge in [-0.15, -0.1) is 0 Å². The number of ether oxygens (including phenoxy) is 2. The van der Waals surface area contributed by atoms with E-state index in [1.807, 2.05) is 6.92 Å². The van der Waals surface area contributed by atoms with Crippen LogP contribution >= 0.6 is 22.6 Å². The molecule has 0 aromatic heterocycles. The summed E-state index contributed by atoms with van der Waals surface area (Å²) in [6, 6.07) is 0. The molecule has 4 nitrogen and oxygen atoms in total. The Hall–Kier alpha value is 0.310. The Labute approximate surface area is 141 Å². The van der Waals surface area contributed by atoms with Crippen LogP contribution in [0.3, 0.4) is 0 Å². The molecule has 1 saturated carbocycles. The Balaban J connectivity index is 2.22. The van der Waals surface area contributed by atoms with Gasteiger partial charge in [0.05, 0.1) is 23.9 Å². The first kappa shape index (κ1) is 17.7. The Bertz CT molecular complexity index is 409. The van der Waals surface area contributed by atoms with Crippen LogP contribution in [0.4, 0.5) is 0 Å². The third-order valence-corrected chi connectivity index (χ3v) is 6.32. The monoisotopic (exact) mass is 410 g/mol. The van der Waals surface area contributed by atoms with Gasteiger partial charge in [0.25, 0.3) is 0 Å².